The van der Waals surface area contributed by atoms with E-state index in [1.165, 1.54) is 0 Å². The summed E-state index contributed by atoms with van der Waals surface area (Å²) in [6, 6.07) is 0.291. The number of hydrogen-bond donors (Lipinski definition) is 4. The molecule has 0 saturated carbocycles. The van der Waals surface area contributed by atoms with E-state index in [-0.39, 0.29) is 44.6 Å². The average molecular weight is 319 g/mol. The van der Waals surface area contributed by atoms with Gasteiger partial charge in [-0.05, 0) is 19.4 Å². The van der Waals surface area contributed by atoms with Gasteiger partial charge in [0.1, 0.15) is 0 Å². The van der Waals surface area contributed by atoms with Gasteiger partial charge in [-0.1, -0.05) is 6.08 Å². The zero-order valence-corrected chi connectivity index (χ0v) is 13.0. The molecule has 7 heteroatoms. The zero-order valence-electron chi connectivity index (χ0n) is 11.3. The molecule has 0 bridgehead atoms. The maximum atomic E-state index is 8.89. The summed E-state index contributed by atoms with van der Waals surface area (Å²) in [5.41, 5.74) is 0. The second-order valence-electron chi connectivity index (χ2n) is 3.98. The first-order valence-corrected chi connectivity index (χ1v) is 6.17. The zero-order chi connectivity index (χ0) is 12.9. The Labute approximate surface area is 128 Å². The number of nitrogens with zero attached hydrogens (tertiary/aromatic N) is 1. The molecule has 19 heavy (non-hydrogen) atoms. The van der Waals surface area contributed by atoms with Crippen LogP contribution in [0.25, 0.3) is 0 Å². The van der Waals surface area contributed by atoms with Crippen LogP contribution >= 0.6 is 24.8 Å². The summed E-state index contributed by atoms with van der Waals surface area (Å²) in [7, 11) is 0. The Bertz CT molecular complexity index is 182. The molecule has 1 atom stereocenters. The van der Waals surface area contributed by atoms with Gasteiger partial charge >= 0.3 is 0 Å². The Morgan fingerprint density at radius 3 is 2.00 bits per heavy atom. The van der Waals surface area contributed by atoms with Crippen molar-refractivity contribution in [1.82, 2.24) is 10.2 Å². The second-order valence-corrected chi connectivity index (χ2v) is 3.98. The van der Waals surface area contributed by atoms with E-state index in [0.29, 0.717) is 25.7 Å². The minimum Gasteiger partial charge on any atom is -0.395 e. The van der Waals surface area contributed by atoms with Crippen LogP contribution in [0.5, 0.6) is 0 Å². The van der Waals surface area contributed by atoms with Crippen LogP contribution in [-0.4, -0.2) is 72.3 Å². The Morgan fingerprint density at radius 2 is 1.58 bits per heavy atom. The van der Waals surface area contributed by atoms with Crippen molar-refractivity contribution in [2.45, 2.75) is 18.9 Å². The highest BCUT2D eigenvalue weighted by atomic mass is 35.5. The Balaban J connectivity index is -0.00000128. The molecule has 0 amide bonds. The number of aliphatic hydroxyl groups excluding tert-OH is 3. The van der Waals surface area contributed by atoms with Gasteiger partial charge in [-0.25, -0.2) is 0 Å². The van der Waals surface area contributed by atoms with E-state index >= 15 is 0 Å². The fourth-order valence-electron chi connectivity index (χ4n) is 1.73. The third kappa shape index (κ3) is 14.3. The molecule has 0 spiro atoms. The summed E-state index contributed by atoms with van der Waals surface area (Å²) >= 11 is 0. The van der Waals surface area contributed by atoms with Crippen molar-refractivity contribution < 1.29 is 15.3 Å². The Hall–Kier alpha value is 0.120. The molecule has 0 saturated heterocycles. The van der Waals surface area contributed by atoms with E-state index in [9.17, 15) is 0 Å². The fourth-order valence-corrected chi connectivity index (χ4v) is 1.73. The van der Waals surface area contributed by atoms with E-state index in [2.05, 4.69) is 11.9 Å². The van der Waals surface area contributed by atoms with Crippen molar-refractivity contribution in [2.75, 3.05) is 46.0 Å². The van der Waals surface area contributed by atoms with Crippen LogP contribution in [0.1, 0.15) is 12.8 Å². The van der Waals surface area contributed by atoms with Crippen LogP contribution < -0.4 is 5.32 Å². The number of aliphatic hydroxyl groups is 3. The minimum atomic E-state index is 0. The smallest absolute Gasteiger partial charge is 0.0558 e. The minimum absolute atomic E-state index is 0. The highest BCUT2D eigenvalue weighted by Gasteiger charge is 2.09. The Kier molecular flexibility index (Phi) is 23.0. The summed E-state index contributed by atoms with van der Waals surface area (Å²) in [4.78, 5) is 2.02. The van der Waals surface area contributed by atoms with E-state index in [0.717, 1.165) is 19.4 Å². The summed E-state index contributed by atoms with van der Waals surface area (Å²) in [5, 5.41) is 29.8. The molecule has 0 aliphatic heterocycles. The molecule has 0 aromatic carbocycles. The maximum Gasteiger partial charge on any atom is 0.0558 e. The van der Waals surface area contributed by atoms with Gasteiger partial charge in [0.2, 0.25) is 0 Å². The highest BCUT2D eigenvalue weighted by Crippen LogP contribution is 2.01. The van der Waals surface area contributed by atoms with E-state index in [4.69, 9.17) is 15.3 Å². The molecule has 0 aromatic rings. The SMILES string of the molecule is C=CCC(CCN(CCO)CCO)NCCO.Cl.Cl. The van der Waals surface area contributed by atoms with Gasteiger partial charge < -0.3 is 20.6 Å². The maximum absolute atomic E-state index is 8.89. The van der Waals surface area contributed by atoms with Crippen LogP contribution in [0.3, 0.4) is 0 Å². The van der Waals surface area contributed by atoms with Crippen LogP contribution in [0.4, 0.5) is 0 Å². The predicted octanol–water partition coefficient (Wildman–Crippen LogP) is 0.0333. The first-order valence-electron chi connectivity index (χ1n) is 6.17. The van der Waals surface area contributed by atoms with Gasteiger partial charge in [0.05, 0.1) is 19.8 Å². The van der Waals surface area contributed by atoms with Crippen molar-refractivity contribution in [1.29, 1.82) is 0 Å². The first-order chi connectivity index (χ1) is 8.28. The van der Waals surface area contributed by atoms with Gasteiger partial charge in [0.25, 0.3) is 0 Å². The lowest BCUT2D eigenvalue weighted by Crippen LogP contribution is -2.37. The van der Waals surface area contributed by atoms with Gasteiger partial charge in [0, 0.05) is 25.7 Å². The third-order valence-electron chi connectivity index (χ3n) is 2.62. The van der Waals surface area contributed by atoms with Crippen molar-refractivity contribution >= 4 is 24.8 Å². The summed E-state index contributed by atoms with van der Waals surface area (Å²) < 4.78 is 0. The van der Waals surface area contributed by atoms with E-state index in [1.807, 2.05) is 11.0 Å². The average Bonchev–Trinajstić information content (AvgIpc) is 2.33. The summed E-state index contributed by atoms with van der Waals surface area (Å²) in [5.74, 6) is 0. The summed E-state index contributed by atoms with van der Waals surface area (Å²) in [6.45, 7) is 6.63. The topological polar surface area (TPSA) is 76.0 Å². The Morgan fingerprint density at radius 1 is 1.00 bits per heavy atom. The number of hydrogen-bond acceptors (Lipinski definition) is 5. The molecule has 0 aliphatic carbocycles. The monoisotopic (exact) mass is 318 g/mol. The van der Waals surface area contributed by atoms with Crippen molar-refractivity contribution in [2.24, 2.45) is 0 Å². The van der Waals surface area contributed by atoms with E-state index < -0.39 is 0 Å². The lowest BCUT2D eigenvalue weighted by Gasteiger charge is -2.23. The van der Waals surface area contributed by atoms with Gasteiger partial charge in [0.15, 0.2) is 0 Å². The molecule has 0 rings (SSSR count). The standard InChI is InChI=1S/C12H26N2O3.2ClH/c1-2-3-12(13-5-9-15)4-6-14(7-10-16)8-11-17;;/h2,12-13,15-17H,1,3-11H2;2*1H. The molecular formula is C12H28Cl2N2O3. The first kappa shape index (κ1) is 24.2. The van der Waals surface area contributed by atoms with Crippen LogP contribution in [0, 0.1) is 0 Å². The van der Waals surface area contributed by atoms with Gasteiger partial charge in [-0.2, -0.15) is 0 Å². The second kappa shape index (κ2) is 18.1. The fraction of sp³-hybridized carbons (Fsp3) is 0.833. The molecule has 0 fully saturated rings. The molecule has 0 aromatic heterocycles. The van der Waals surface area contributed by atoms with Crippen LogP contribution in [0.15, 0.2) is 12.7 Å². The highest BCUT2D eigenvalue weighted by molar-refractivity contribution is 5.85. The quantitative estimate of drug-likeness (QED) is 0.382. The van der Waals surface area contributed by atoms with Gasteiger partial charge in [-0.3, -0.25) is 4.90 Å². The number of rotatable bonds is 12. The number of halogens is 2. The molecule has 4 N–H and O–H groups in total. The third-order valence-corrected chi connectivity index (χ3v) is 2.62. The molecule has 118 valence electrons. The van der Waals surface area contributed by atoms with Crippen molar-refractivity contribution in [3.8, 4) is 0 Å². The lowest BCUT2D eigenvalue weighted by atomic mass is 10.1. The molecule has 5 nitrogen and oxygen atoms in total. The van der Waals surface area contributed by atoms with Crippen molar-refractivity contribution in [3.05, 3.63) is 12.7 Å². The van der Waals surface area contributed by atoms with E-state index in [1.54, 1.807) is 0 Å². The molecule has 0 aliphatic rings. The van der Waals surface area contributed by atoms with Gasteiger partial charge in [-0.15, -0.1) is 31.4 Å². The number of nitrogens with one attached hydrogen (secondary N) is 1. The van der Waals surface area contributed by atoms with Crippen LogP contribution in [0.2, 0.25) is 0 Å². The lowest BCUT2D eigenvalue weighted by molar-refractivity contribution is 0.155. The van der Waals surface area contributed by atoms with Crippen LogP contribution in [-0.2, 0) is 0 Å². The predicted molar refractivity (Wildman–Crippen MR) is 83.4 cm³/mol. The molecular weight excluding hydrogens is 291 g/mol. The van der Waals surface area contributed by atoms with Crippen molar-refractivity contribution in [3.63, 3.8) is 0 Å². The molecule has 0 heterocycles. The summed E-state index contributed by atoms with van der Waals surface area (Å²) in [6.07, 6.45) is 3.62. The molecule has 0 radical (unpaired) electrons. The molecule has 1 unspecified atom stereocenters. The largest absolute Gasteiger partial charge is 0.395 e. The normalized spacial score (nSPS) is 11.6.